The van der Waals surface area contributed by atoms with Gasteiger partial charge < -0.3 is 10.1 Å². The molecule has 1 aromatic carbocycles. The fourth-order valence-electron chi connectivity index (χ4n) is 1.45. The van der Waals surface area contributed by atoms with Crippen LogP contribution in [0.3, 0.4) is 0 Å². The molecule has 0 aliphatic heterocycles. The van der Waals surface area contributed by atoms with Crippen LogP contribution < -0.4 is 10.1 Å². The van der Waals surface area contributed by atoms with Gasteiger partial charge in [0.2, 0.25) is 0 Å². The average molecular weight is 298 g/mol. The number of unbranched alkanes of at least 4 members (excludes halogenated alkanes) is 1. The van der Waals surface area contributed by atoms with E-state index in [1.165, 1.54) is 5.56 Å². The summed E-state index contributed by atoms with van der Waals surface area (Å²) in [4.78, 5) is 0. The molecule has 2 nitrogen and oxygen atoms in total. The summed E-state index contributed by atoms with van der Waals surface area (Å²) in [5.74, 6) is 0.911. The van der Waals surface area contributed by atoms with Gasteiger partial charge in [0.05, 0.1) is 11.1 Å². The van der Waals surface area contributed by atoms with E-state index in [1.54, 1.807) is 0 Å². The Labute approximate surface area is 112 Å². The summed E-state index contributed by atoms with van der Waals surface area (Å²) in [7, 11) is 0. The van der Waals surface area contributed by atoms with Crippen LogP contribution in [0.5, 0.6) is 5.75 Å². The summed E-state index contributed by atoms with van der Waals surface area (Å²) < 4.78 is 6.70. The summed E-state index contributed by atoms with van der Waals surface area (Å²) in [6.45, 7) is 8.41. The van der Waals surface area contributed by atoms with E-state index in [1.807, 2.05) is 12.1 Å². The molecule has 0 fully saturated rings. The van der Waals surface area contributed by atoms with E-state index in [0.717, 1.165) is 42.8 Å². The van der Waals surface area contributed by atoms with Crippen molar-refractivity contribution in [3.8, 4) is 5.75 Å². The summed E-state index contributed by atoms with van der Waals surface area (Å²) in [5.41, 5.74) is 1.26. The number of ether oxygens (including phenoxy) is 1. The highest BCUT2D eigenvalue weighted by Crippen LogP contribution is 2.26. The maximum absolute atomic E-state index is 5.68. The van der Waals surface area contributed by atoms with Crippen molar-refractivity contribution in [3.63, 3.8) is 0 Å². The van der Waals surface area contributed by atoms with E-state index in [9.17, 15) is 0 Å². The molecule has 0 aliphatic carbocycles. The molecule has 3 heteroatoms. The number of halogens is 1. The van der Waals surface area contributed by atoms with Crippen LogP contribution in [0.25, 0.3) is 0 Å². The standard InChI is InChI=1S/C14H20BrNO/c1-3-5-6-9-17-14-8-7-12(10-13(14)15)11-16-4-2/h3,7-8,10,16H,1,4-6,9,11H2,2H3. The lowest BCUT2D eigenvalue weighted by Crippen LogP contribution is -2.11. The third kappa shape index (κ3) is 5.37. The SMILES string of the molecule is C=CCCCOc1ccc(CNCC)cc1Br. The highest BCUT2D eigenvalue weighted by atomic mass is 79.9. The van der Waals surface area contributed by atoms with E-state index in [4.69, 9.17) is 4.74 Å². The third-order valence-electron chi connectivity index (χ3n) is 2.39. The summed E-state index contributed by atoms with van der Waals surface area (Å²) >= 11 is 3.54. The number of hydrogen-bond acceptors (Lipinski definition) is 2. The Morgan fingerprint density at radius 2 is 2.29 bits per heavy atom. The number of rotatable bonds is 8. The minimum Gasteiger partial charge on any atom is -0.492 e. The monoisotopic (exact) mass is 297 g/mol. The van der Waals surface area contributed by atoms with Crippen molar-refractivity contribution < 1.29 is 4.74 Å². The molecular formula is C14H20BrNO. The Balaban J connectivity index is 2.47. The van der Waals surface area contributed by atoms with Gasteiger partial charge in [-0.25, -0.2) is 0 Å². The Bertz CT molecular complexity index is 352. The number of hydrogen-bond donors (Lipinski definition) is 1. The molecule has 94 valence electrons. The van der Waals surface area contributed by atoms with Gasteiger partial charge in [0.25, 0.3) is 0 Å². The van der Waals surface area contributed by atoms with Gasteiger partial charge in [0.15, 0.2) is 0 Å². The molecular weight excluding hydrogens is 278 g/mol. The van der Waals surface area contributed by atoms with Gasteiger partial charge in [-0.2, -0.15) is 0 Å². The topological polar surface area (TPSA) is 21.3 Å². The van der Waals surface area contributed by atoms with Crippen LogP contribution in [0.15, 0.2) is 35.3 Å². The van der Waals surface area contributed by atoms with Gasteiger partial charge >= 0.3 is 0 Å². The van der Waals surface area contributed by atoms with Gasteiger partial charge in [-0.3, -0.25) is 0 Å². The fourth-order valence-corrected chi connectivity index (χ4v) is 1.99. The van der Waals surface area contributed by atoms with Crippen LogP contribution in [0.4, 0.5) is 0 Å². The van der Waals surface area contributed by atoms with Gasteiger partial charge in [-0.1, -0.05) is 19.1 Å². The molecule has 0 saturated carbocycles. The zero-order valence-corrected chi connectivity index (χ0v) is 11.9. The Morgan fingerprint density at radius 1 is 1.47 bits per heavy atom. The van der Waals surface area contributed by atoms with Crippen molar-refractivity contribution in [2.24, 2.45) is 0 Å². The average Bonchev–Trinajstić information content (AvgIpc) is 2.34. The van der Waals surface area contributed by atoms with Crippen LogP contribution in [0.2, 0.25) is 0 Å². The lowest BCUT2D eigenvalue weighted by molar-refractivity contribution is 0.310. The predicted octanol–water partition coefficient (Wildman–Crippen LogP) is 3.90. The van der Waals surface area contributed by atoms with Gasteiger partial charge in [0.1, 0.15) is 5.75 Å². The van der Waals surface area contributed by atoms with Crippen molar-refractivity contribution >= 4 is 15.9 Å². The van der Waals surface area contributed by atoms with Gasteiger partial charge in [-0.05, 0) is 53.0 Å². The summed E-state index contributed by atoms with van der Waals surface area (Å²) in [6, 6.07) is 6.21. The summed E-state index contributed by atoms with van der Waals surface area (Å²) in [5, 5.41) is 3.30. The largest absolute Gasteiger partial charge is 0.492 e. The first-order valence-electron chi connectivity index (χ1n) is 6.00. The molecule has 1 rings (SSSR count). The molecule has 0 heterocycles. The predicted molar refractivity (Wildman–Crippen MR) is 76.4 cm³/mol. The molecule has 0 atom stereocenters. The van der Waals surface area contributed by atoms with Crippen molar-refractivity contribution in [2.75, 3.05) is 13.2 Å². The van der Waals surface area contributed by atoms with Gasteiger partial charge in [-0.15, -0.1) is 6.58 Å². The molecule has 0 bridgehead atoms. The van der Waals surface area contributed by atoms with Crippen LogP contribution in [0, 0.1) is 0 Å². The Kier molecular flexibility index (Phi) is 6.97. The summed E-state index contributed by atoms with van der Waals surface area (Å²) in [6.07, 6.45) is 3.92. The first-order valence-corrected chi connectivity index (χ1v) is 6.80. The van der Waals surface area contributed by atoms with Crippen LogP contribution >= 0.6 is 15.9 Å². The lowest BCUT2D eigenvalue weighted by Gasteiger charge is -2.09. The first-order chi connectivity index (χ1) is 8.27. The minimum absolute atomic E-state index is 0.733. The van der Waals surface area contributed by atoms with Crippen molar-refractivity contribution in [3.05, 3.63) is 40.9 Å². The molecule has 0 radical (unpaired) electrons. The second-order valence-corrected chi connectivity index (χ2v) is 4.68. The molecule has 0 unspecified atom stereocenters. The molecule has 1 aromatic rings. The van der Waals surface area contributed by atoms with Gasteiger partial charge in [0, 0.05) is 6.54 Å². The fraction of sp³-hybridized carbons (Fsp3) is 0.429. The Hall–Kier alpha value is -0.800. The number of allylic oxidation sites excluding steroid dienone is 1. The molecule has 0 spiro atoms. The highest BCUT2D eigenvalue weighted by molar-refractivity contribution is 9.10. The molecule has 0 amide bonds. The maximum atomic E-state index is 5.68. The smallest absolute Gasteiger partial charge is 0.133 e. The second-order valence-electron chi connectivity index (χ2n) is 3.82. The van der Waals surface area contributed by atoms with Crippen LogP contribution in [-0.2, 0) is 6.54 Å². The first kappa shape index (κ1) is 14.3. The third-order valence-corrected chi connectivity index (χ3v) is 3.01. The van der Waals surface area contributed by atoms with E-state index in [-0.39, 0.29) is 0 Å². The molecule has 0 aliphatic rings. The second kappa shape index (κ2) is 8.31. The number of nitrogens with one attached hydrogen (secondary N) is 1. The van der Waals surface area contributed by atoms with E-state index in [2.05, 4.69) is 46.9 Å². The zero-order valence-electron chi connectivity index (χ0n) is 10.3. The van der Waals surface area contributed by atoms with E-state index < -0.39 is 0 Å². The van der Waals surface area contributed by atoms with Crippen LogP contribution in [-0.4, -0.2) is 13.2 Å². The van der Waals surface area contributed by atoms with Crippen molar-refractivity contribution in [1.29, 1.82) is 0 Å². The normalized spacial score (nSPS) is 10.2. The minimum atomic E-state index is 0.733. The molecule has 0 aromatic heterocycles. The van der Waals surface area contributed by atoms with Crippen LogP contribution in [0.1, 0.15) is 25.3 Å². The molecule has 0 saturated heterocycles. The molecule has 1 N–H and O–H groups in total. The van der Waals surface area contributed by atoms with Crippen molar-refractivity contribution in [1.82, 2.24) is 5.32 Å². The zero-order chi connectivity index (χ0) is 12.5. The maximum Gasteiger partial charge on any atom is 0.133 e. The van der Waals surface area contributed by atoms with Crippen molar-refractivity contribution in [2.45, 2.75) is 26.3 Å². The highest BCUT2D eigenvalue weighted by Gasteiger charge is 2.02. The number of benzene rings is 1. The van der Waals surface area contributed by atoms with E-state index >= 15 is 0 Å². The Morgan fingerprint density at radius 3 is 2.94 bits per heavy atom. The lowest BCUT2D eigenvalue weighted by atomic mass is 10.2. The molecule has 17 heavy (non-hydrogen) atoms. The van der Waals surface area contributed by atoms with E-state index in [0.29, 0.717) is 0 Å². The quantitative estimate of drug-likeness (QED) is 0.580.